The van der Waals surface area contributed by atoms with Crippen molar-refractivity contribution >= 4 is 26.7 Å². The molecule has 12 heteroatoms. The molecule has 1 aliphatic carbocycles. The van der Waals surface area contributed by atoms with E-state index in [4.69, 9.17) is 14.0 Å². The van der Waals surface area contributed by atoms with Gasteiger partial charge in [-0.15, -0.1) is 0 Å². The minimum Gasteiger partial charge on any atom is -0.497 e. The predicted octanol–water partition coefficient (Wildman–Crippen LogP) is 4.63. The smallest absolute Gasteiger partial charge is 0.265 e. The lowest BCUT2D eigenvalue weighted by molar-refractivity contribution is 0.273. The lowest BCUT2D eigenvalue weighted by atomic mass is 10.1. The summed E-state index contributed by atoms with van der Waals surface area (Å²) in [6.07, 6.45) is 1.96. The van der Waals surface area contributed by atoms with E-state index < -0.39 is 21.4 Å². The molecule has 0 radical (unpaired) electrons. The van der Waals surface area contributed by atoms with Gasteiger partial charge in [0.2, 0.25) is 0 Å². The van der Waals surface area contributed by atoms with Crippen LogP contribution in [0.5, 0.6) is 11.5 Å². The number of anilines is 1. The molecule has 2 heterocycles. The van der Waals surface area contributed by atoms with Gasteiger partial charge in [-0.25, -0.2) is 17.1 Å². The fourth-order valence-electron chi connectivity index (χ4n) is 5.29. The van der Waals surface area contributed by atoms with E-state index in [0.717, 1.165) is 4.31 Å². The number of benzene rings is 3. The van der Waals surface area contributed by atoms with Gasteiger partial charge in [-0.1, -0.05) is 17.3 Å². The molecule has 6 rings (SSSR count). The number of aliphatic hydroxyl groups excluding tert-OH is 1. The van der Waals surface area contributed by atoms with E-state index in [2.05, 4.69) is 5.16 Å². The van der Waals surface area contributed by atoms with E-state index in [9.17, 15) is 18.3 Å². The maximum atomic E-state index is 15.3. The molecule has 0 aliphatic heterocycles. The van der Waals surface area contributed by atoms with Crippen molar-refractivity contribution in [2.45, 2.75) is 23.8 Å². The van der Waals surface area contributed by atoms with Gasteiger partial charge in [0.25, 0.3) is 15.6 Å². The normalized spacial score (nSPS) is 16.3. The zero-order valence-corrected chi connectivity index (χ0v) is 24.1. The average molecular weight is 606 g/mol. The van der Waals surface area contributed by atoms with Crippen LogP contribution in [0.25, 0.3) is 16.6 Å². The Morgan fingerprint density at radius 2 is 1.84 bits per heavy atom. The first-order chi connectivity index (χ1) is 20.7. The monoisotopic (exact) mass is 605 g/mol. The number of hydrogen-bond acceptors (Lipinski definition) is 8. The van der Waals surface area contributed by atoms with Crippen LogP contribution < -0.4 is 19.3 Å². The first-order valence-electron chi connectivity index (χ1n) is 13.5. The number of nitrogens with zero attached hydrogens (tertiary/aromatic N) is 3. The van der Waals surface area contributed by atoms with E-state index in [0.29, 0.717) is 34.2 Å². The van der Waals surface area contributed by atoms with Gasteiger partial charge in [0.1, 0.15) is 23.6 Å². The van der Waals surface area contributed by atoms with Crippen LogP contribution >= 0.6 is 0 Å². The van der Waals surface area contributed by atoms with Crippen LogP contribution in [-0.4, -0.2) is 44.1 Å². The van der Waals surface area contributed by atoms with Crippen molar-refractivity contribution in [2.75, 3.05) is 25.1 Å². The number of pyridine rings is 1. The van der Waals surface area contributed by atoms with Crippen LogP contribution in [0.4, 0.5) is 10.2 Å². The summed E-state index contributed by atoms with van der Waals surface area (Å²) in [5, 5.41) is 13.7. The molecule has 1 fully saturated rings. The first-order valence-corrected chi connectivity index (χ1v) is 14.9. The summed E-state index contributed by atoms with van der Waals surface area (Å²) < 4.78 is 61.4. The van der Waals surface area contributed by atoms with E-state index >= 15 is 4.39 Å². The van der Waals surface area contributed by atoms with Crippen LogP contribution in [0, 0.1) is 11.7 Å². The van der Waals surface area contributed by atoms with Gasteiger partial charge in [0.15, 0.2) is 5.82 Å². The Balaban J connectivity index is 1.42. The zero-order chi connectivity index (χ0) is 30.3. The summed E-state index contributed by atoms with van der Waals surface area (Å²) in [4.78, 5) is 13.1. The number of fused-ring (bicyclic) bond motifs is 1. The number of methoxy groups -OCH3 is 2. The van der Waals surface area contributed by atoms with Gasteiger partial charge in [-0.3, -0.25) is 9.36 Å². The number of halogens is 1. The summed E-state index contributed by atoms with van der Waals surface area (Å²) in [7, 11) is -1.19. The summed E-state index contributed by atoms with van der Waals surface area (Å²) in [5.41, 5.74) is 1.21. The number of hydrogen-bond donors (Lipinski definition) is 1. The summed E-state index contributed by atoms with van der Waals surface area (Å²) in [6.45, 7) is -0.0618. The number of sulfonamides is 1. The highest BCUT2D eigenvalue weighted by molar-refractivity contribution is 7.92. The van der Waals surface area contributed by atoms with Crippen molar-refractivity contribution in [3.05, 3.63) is 106 Å². The topological polar surface area (TPSA) is 124 Å². The molecular weight excluding hydrogens is 577 g/mol. The number of aliphatic hydroxyl groups is 1. The van der Waals surface area contributed by atoms with Crippen LogP contribution in [0.15, 0.2) is 93.3 Å². The maximum absolute atomic E-state index is 15.3. The summed E-state index contributed by atoms with van der Waals surface area (Å²) in [5.74, 6) is 0.376. The molecule has 10 nitrogen and oxygen atoms in total. The highest BCUT2D eigenvalue weighted by Crippen LogP contribution is 2.49. The summed E-state index contributed by atoms with van der Waals surface area (Å²) >= 11 is 0. The van der Waals surface area contributed by atoms with E-state index in [-0.39, 0.29) is 47.1 Å². The van der Waals surface area contributed by atoms with Crippen molar-refractivity contribution in [3.63, 3.8) is 0 Å². The minimum atomic E-state index is -4.17. The second-order valence-corrected chi connectivity index (χ2v) is 12.1. The molecule has 0 spiro atoms. The van der Waals surface area contributed by atoms with Crippen LogP contribution in [-0.2, 0) is 16.6 Å². The molecule has 1 saturated carbocycles. The molecule has 2 atom stereocenters. The molecule has 43 heavy (non-hydrogen) atoms. The Hall–Kier alpha value is -4.68. The van der Waals surface area contributed by atoms with Gasteiger partial charge < -0.3 is 19.1 Å². The molecule has 1 N–H and O–H groups in total. The van der Waals surface area contributed by atoms with Crippen LogP contribution in [0.3, 0.4) is 0 Å². The third-order valence-corrected chi connectivity index (χ3v) is 9.46. The number of rotatable bonds is 10. The highest BCUT2D eigenvalue weighted by atomic mass is 32.2. The molecule has 5 aromatic rings. The lowest BCUT2D eigenvalue weighted by Gasteiger charge is -2.22. The van der Waals surface area contributed by atoms with E-state index in [1.807, 2.05) is 0 Å². The molecular formula is C31H28FN3O7S. The van der Waals surface area contributed by atoms with Crippen molar-refractivity contribution in [1.82, 2.24) is 9.72 Å². The zero-order valence-electron chi connectivity index (χ0n) is 23.3. The predicted molar refractivity (Wildman–Crippen MR) is 157 cm³/mol. The van der Waals surface area contributed by atoms with Gasteiger partial charge in [-0.05, 0) is 71.8 Å². The Kier molecular flexibility index (Phi) is 7.40. The summed E-state index contributed by atoms with van der Waals surface area (Å²) in [6, 6.07) is 18.4. The second kappa shape index (κ2) is 11.2. The third-order valence-electron chi connectivity index (χ3n) is 7.71. The van der Waals surface area contributed by atoms with Crippen molar-refractivity contribution in [3.8, 4) is 17.2 Å². The Labute approximate surface area is 246 Å². The molecule has 222 valence electrons. The van der Waals surface area contributed by atoms with Gasteiger partial charge in [0.05, 0.1) is 36.9 Å². The standard InChI is InChI=1S/C31H28FN3O7S/c1-40-22-6-3-19(4-7-22)17-34(30-11-12-42-33-30)43(38,39)23-8-9-27-20(13-23)5-10-31(37)35(27)28-16-26(32)25(15-29(28)41-2)24-14-21(24)18-36/h3-13,15-16,21,24,36H,14,17-18H2,1-2H3. The Morgan fingerprint density at radius 1 is 1.05 bits per heavy atom. The molecule has 0 saturated heterocycles. The molecule has 0 bridgehead atoms. The van der Waals surface area contributed by atoms with Crippen molar-refractivity contribution in [1.29, 1.82) is 0 Å². The fraction of sp³-hybridized carbons (Fsp3) is 0.226. The van der Waals surface area contributed by atoms with E-state index in [1.165, 1.54) is 60.4 Å². The van der Waals surface area contributed by atoms with Gasteiger partial charge >= 0.3 is 0 Å². The molecule has 2 aromatic heterocycles. The maximum Gasteiger partial charge on any atom is 0.265 e. The van der Waals surface area contributed by atoms with Crippen molar-refractivity contribution < 1.29 is 31.9 Å². The van der Waals surface area contributed by atoms with Crippen molar-refractivity contribution in [2.24, 2.45) is 5.92 Å². The second-order valence-electron chi connectivity index (χ2n) is 10.3. The molecule has 1 aliphatic rings. The number of aromatic nitrogens is 2. The average Bonchev–Trinajstić information content (AvgIpc) is 3.60. The minimum absolute atomic E-state index is 0.00719. The van der Waals surface area contributed by atoms with Gasteiger partial charge in [0, 0.05) is 30.2 Å². The number of ether oxygens (including phenoxy) is 2. The third kappa shape index (κ3) is 5.23. The lowest BCUT2D eigenvalue weighted by Crippen LogP contribution is -2.31. The SMILES string of the molecule is COc1ccc(CN(c2ccon2)S(=O)(=O)c2ccc3c(ccc(=O)n3-c3cc(F)c(C4CC4CO)cc3OC)c2)cc1. The quantitative estimate of drug-likeness (QED) is 0.245. The largest absolute Gasteiger partial charge is 0.497 e. The van der Waals surface area contributed by atoms with E-state index in [1.54, 1.807) is 37.4 Å². The molecule has 0 amide bonds. The molecule has 2 unspecified atom stereocenters. The highest BCUT2D eigenvalue weighted by Gasteiger charge is 2.40. The Bertz CT molecular complexity index is 1960. The first kappa shape index (κ1) is 28.4. The van der Waals surface area contributed by atoms with Crippen LogP contribution in [0.2, 0.25) is 0 Å². The van der Waals surface area contributed by atoms with Crippen LogP contribution in [0.1, 0.15) is 23.5 Å². The van der Waals surface area contributed by atoms with Gasteiger partial charge in [-0.2, -0.15) is 0 Å². The Morgan fingerprint density at radius 3 is 2.49 bits per heavy atom. The molecule has 3 aromatic carbocycles. The fourth-order valence-corrected chi connectivity index (χ4v) is 6.72.